The predicted octanol–water partition coefficient (Wildman–Crippen LogP) is 3.85. The third-order valence-electron chi connectivity index (χ3n) is 3.44. The van der Waals surface area contributed by atoms with E-state index in [0.29, 0.717) is 17.9 Å². The molecule has 0 bridgehead atoms. The second kappa shape index (κ2) is 7.83. The maximum atomic E-state index is 11.9. The molecule has 3 N–H and O–H groups in total. The van der Waals surface area contributed by atoms with Crippen LogP contribution in [0.1, 0.15) is 16.1 Å². The smallest absolute Gasteiger partial charge is 0.319 e. The normalized spacial score (nSPS) is 10.1. The van der Waals surface area contributed by atoms with Crippen LogP contribution in [0, 0.1) is 0 Å². The van der Waals surface area contributed by atoms with Crippen LogP contribution in [0.3, 0.4) is 0 Å². The number of benzene rings is 2. The van der Waals surface area contributed by atoms with Crippen molar-refractivity contribution in [3.8, 4) is 0 Å². The van der Waals surface area contributed by atoms with Gasteiger partial charge in [-0.3, -0.25) is 4.79 Å². The van der Waals surface area contributed by atoms with Gasteiger partial charge in [0.15, 0.2) is 5.76 Å². The molecule has 3 amide bonds. The molecule has 0 aliphatic carbocycles. The Bertz CT molecular complexity index is 828. The Morgan fingerprint density at radius 1 is 0.800 bits per heavy atom. The van der Waals surface area contributed by atoms with E-state index in [4.69, 9.17) is 4.42 Å². The van der Waals surface area contributed by atoms with Crippen LogP contribution >= 0.6 is 0 Å². The summed E-state index contributed by atoms with van der Waals surface area (Å²) in [5.41, 5.74) is 2.26. The van der Waals surface area contributed by atoms with Crippen LogP contribution in [0.15, 0.2) is 77.4 Å². The molecule has 0 saturated carbocycles. The minimum atomic E-state index is -0.327. The van der Waals surface area contributed by atoms with Gasteiger partial charge in [0.25, 0.3) is 5.91 Å². The molecule has 0 fully saturated rings. The molecule has 1 heterocycles. The number of amides is 3. The minimum Gasteiger partial charge on any atom is -0.459 e. The summed E-state index contributed by atoms with van der Waals surface area (Å²) in [6.07, 6.45) is 1.44. The lowest BCUT2D eigenvalue weighted by Crippen LogP contribution is -2.28. The first-order valence-corrected chi connectivity index (χ1v) is 7.74. The van der Waals surface area contributed by atoms with E-state index in [1.165, 1.54) is 6.26 Å². The Hall–Kier alpha value is -3.54. The van der Waals surface area contributed by atoms with E-state index in [9.17, 15) is 9.59 Å². The fraction of sp³-hybridized carbons (Fsp3) is 0.0526. The van der Waals surface area contributed by atoms with Crippen molar-refractivity contribution in [2.45, 2.75) is 6.54 Å². The molecular weight excluding hydrogens is 318 g/mol. The zero-order valence-electron chi connectivity index (χ0n) is 13.4. The second-order valence-electron chi connectivity index (χ2n) is 5.30. The molecule has 2 aromatic carbocycles. The molecule has 0 saturated heterocycles. The molecule has 0 radical (unpaired) electrons. The highest BCUT2D eigenvalue weighted by atomic mass is 16.3. The van der Waals surface area contributed by atoms with Crippen molar-refractivity contribution in [2.75, 3.05) is 10.6 Å². The molecule has 0 aliphatic heterocycles. The molecule has 3 rings (SSSR count). The van der Waals surface area contributed by atoms with Crippen LogP contribution in [-0.2, 0) is 6.54 Å². The van der Waals surface area contributed by atoms with Crippen LogP contribution in [0.4, 0.5) is 16.2 Å². The molecule has 0 atom stereocenters. The van der Waals surface area contributed by atoms with E-state index < -0.39 is 0 Å². The molecule has 3 aromatic rings. The van der Waals surface area contributed by atoms with Crippen LogP contribution in [0.2, 0.25) is 0 Å². The van der Waals surface area contributed by atoms with Crippen molar-refractivity contribution in [1.29, 1.82) is 0 Å². The second-order valence-corrected chi connectivity index (χ2v) is 5.30. The van der Waals surface area contributed by atoms with Gasteiger partial charge >= 0.3 is 6.03 Å². The summed E-state index contributed by atoms with van der Waals surface area (Å²) in [4.78, 5) is 23.8. The fourth-order valence-electron chi connectivity index (χ4n) is 2.19. The summed E-state index contributed by atoms with van der Waals surface area (Å²) in [5, 5.41) is 8.23. The van der Waals surface area contributed by atoms with E-state index in [0.717, 1.165) is 5.56 Å². The predicted molar refractivity (Wildman–Crippen MR) is 95.4 cm³/mol. The van der Waals surface area contributed by atoms with E-state index >= 15 is 0 Å². The summed E-state index contributed by atoms with van der Waals surface area (Å²) in [5.74, 6) is -0.0891. The van der Waals surface area contributed by atoms with Gasteiger partial charge in [-0.2, -0.15) is 0 Å². The molecule has 0 unspecified atom stereocenters. The zero-order valence-corrected chi connectivity index (χ0v) is 13.4. The van der Waals surface area contributed by atoms with Gasteiger partial charge in [0.05, 0.1) is 6.26 Å². The highest BCUT2D eigenvalue weighted by Gasteiger charge is 2.08. The Balaban J connectivity index is 1.50. The molecule has 25 heavy (non-hydrogen) atoms. The minimum absolute atomic E-state index is 0.238. The molecule has 6 heteroatoms. The first-order valence-electron chi connectivity index (χ1n) is 7.74. The Morgan fingerprint density at radius 3 is 2.12 bits per heavy atom. The van der Waals surface area contributed by atoms with Gasteiger partial charge < -0.3 is 20.4 Å². The Morgan fingerprint density at radius 2 is 1.48 bits per heavy atom. The maximum absolute atomic E-state index is 11.9. The van der Waals surface area contributed by atoms with Crippen LogP contribution in [-0.4, -0.2) is 11.9 Å². The zero-order chi connectivity index (χ0) is 17.5. The highest BCUT2D eigenvalue weighted by Crippen LogP contribution is 2.15. The van der Waals surface area contributed by atoms with E-state index in [1.54, 1.807) is 36.4 Å². The average Bonchev–Trinajstić information content (AvgIpc) is 3.17. The van der Waals surface area contributed by atoms with Crippen LogP contribution < -0.4 is 16.0 Å². The van der Waals surface area contributed by atoms with Gasteiger partial charge in [0.1, 0.15) is 0 Å². The van der Waals surface area contributed by atoms with Gasteiger partial charge in [-0.25, -0.2) is 4.79 Å². The third kappa shape index (κ3) is 4.71. The lowest BCUT2D eigenvalue weighted by atomic mass is 10.2. The number of hydrogen-bond donors (Lipinski definition) is 3. The lowest BCUT2D eigenvalue weighted by molar-refractivity contribution is 0.0996. The number of carbonyl (C=O) groups is 2. The summed E-state index contributed by atoms with van der Waals surface area (Å²) in [6, 6.07) is 19.4. The van der Waals surface area contributed by atoms with Crippen LogP contribution in [0.25, 0.3) is 0 Å². The van der Waals surface area contributed by atoms with Crippen molar-refractivity contribution < 1.29 is 14.0 Å². The number of carbonyl (C=O) groups excluding carboxylic acids is 2. The summed E-state index contributed by atoms with van der Waals surface area (Å²) >= 11 is 0. The molecule has 126 valence electrons. The van der Waals surface area contributed by atoms with Gasteiger partial charge in [0, 0.05) is 17.9 Å². The van der Waals surface area contributed by atoms with Crippen molar-refractivity contribution >= 4 is 23.3 Å². The number of nitrogens with one attached hydrogen (secondary N) is 3. The number of urea groups is 1. The summed E-state index contributed by atoms with van der Waals surface area (Å²) in [6.45, 7) is 0.448. The van der Waals surface area contributed by atoms with Crippen molar-refractivity contribution in [1.82, 2.24) is 5.32 Å². The third-order valence-corrected chi connectivity index (χ3v) is 3.44. The molecular formula is C19H17N3O3. The number of anilines is 2. The highest BCUT2D eigenvalue weighted by molar-refractivity contribution is 6.02. The quantitative estimate of drug-likeness (QED) is 0.662. The Kier molecular flexibility index (Phi) is 5.11. The van der Waals surface area contributed by atoms with E-state index in [1.807, 2.05) is 30.3 Å². The van der Waals surface area contributed by atoms with Crippen molar-refractivity contribution in [3.63, 3.8) is 0 Å². The van der Waals surface area contributed by atoms with Gasteiger partial charge in [-0.15, -0.1) is 0 Å². The molecule has 0 spiro atoms. The van der Waals surface area contributed by atoms with Crippen molar-refractivity contribution in [3.05, 3.63) is 84.3 Å². The van der Waals surface area contributed by atoms with Gasteiger partial charge in [-0.1, -0.05) is 30.3 Å². The first kappa shape index (κ1) is 16.3. The number of furan rings is 1. The number of rotatable bonds is 5. The first-order chi connectivity index (χ1) is 12.2. The van der Waals surface area contributed by atoms with Crippen LogP contribution in [0.5, 0.6) is 0 Å². The summed E-state index contributed by atoms with van der Waals surface area (Å²) in [7, 11) is 0. The lowest BCUT2D eigenvalue weighted by Gasteiger charge is -2.09. The topological polar surface area (TPSA) is 83.4 Å². The largest absolute Gasteiger partial charge is 0.459 e. The molecule has 1 aromatic heterocycles. The Labute approximate surface area is 144 Å². The van der Waals surface area contributed by atoms with Gasteiger partial charge in [0.2, 0.25) is 0 Å². The van der Waals surface area contributed by atoms with Crippen molar-refractivity contribution in [2.24, 2.45) is 0 Å². The monoisotopic (exact) mass is 335 g/mol. The number of hydrogen-bond acceptors (Lipinski definition) is 3. The SMILES string of the molecule is O=C(NCc1ccccc1)Nc1ccc(NC(=O)c2ccco2)cc1. The average molecular weight is 335 g/mol. The fourth-order valence-corrected chi connectivity index (χ4v) is 2.19. The van der Waals surface area contributed by atoms with E-state index in [-0.39, 0.29) is 17.7 Å². The standard InChI is InChI=1S/C19H17N3O3/c23-18(17-7-4-12-25-17)21-15-8-10-16(11-9-15)22-19(24)20-13-14-5-2-1-3-6-14/h1-12H,13H2,(H,21,23)(H2,20,22,24). The van der Waals surface area contributed by atoms with E-state index in [2.05, 4.69) is 16.0 Å². The van der Waals surface area contributed by atoms with Gasteiger partial charge in [-0.05, 0) is 42.0 Å². The molecule has 0 aliphatic rings. The summed E-state index contributed by atoms with van der Waals surface area (Å²) < 4.78 is 5.03. The maximum Gasteiger partial charge on any atom is 0.319 e. The molecule has 6 nitrogen and oxygen atoms in total.